The van der Waals surface area contributed by atoms with Gasteiger partial charge in [-0.1, -0.05) is 12.8 Å². The van der Waals surface area contributed by atoms with Crippen LogP contribution in [-0.4, -0.2) is 36.9 Å². The van der Waals surface area contributed by atoms with Crippen molar-refractivity contribution >= 4 is 5.91 Å². The van der Waals surface area contributed by atoms with Crippen molar-refractivity contribution in [2.24, 2.45) is 11.8 Å². The molecule has 4 nitrogen and oxygen atoms in total. The maximum absolute atomic E-state index is 11.8. The van der Waals surface area contributed by atoms with E-state index in [0.717, 1.165) is 12.8 Å². The number of aliphatic hydroxyl groups is 1. The highest BCUT2D eigenvalue weighted by molar-refractivity contribution is 5.76. The van der Waals surface area contributed by atoms with Gasteiger partial charge in [0.2, 0.25) is 5.91 Å². The Morgan fingerprint density at radius 1 is 1.33 bits per heavy atom. The zero-order valence-corrected chi connectivity index (χ0v) is 11.9. The number of nitrogens with one attached hydrogen (secondary N) is 1. The molecule has 1 amide bonds. The van der Waals surface area contributed by atoms with Crippen molar-refractivity contribution in [3.8, 4) is 0 Å². The van der Waals surface area contributed by atoms with Gasteiger partial charge in [0.05, 0.1) is 12.0 Å². The summed E-state index contributed by atoms with van der Waals surface area (Å²) in [6.07, 6.45) is 4.98. The molecule has 1 aliphatic rings. The fourth-order valence-electron chi connectivity index (χ4n) is 2.56. The lowest BCUT2D eigenvalue weighted by Gasteiger charge is -2.30. The van der Waals surface area contributed by atoms with Gasteiger partial charge in [-0.05, 0) is 38.5 Å². The number of rotatable bonds is 6. The van der Waals surface area contributed by atoms with Crippen molar-refractivity contribution in [2.75, 3.05) is 20.3 Å². The number of aliphatic hydroxyl groups excluding tert-OH is 1. The van der Waals surface area contributed by atoms with Crippen molar-refractivity contribution in [3.05, 3.63) is 0 Å². The summed E-state index contributed by atoms with van der Waals surface area (Å²) in [5.41, 5.74) is -0.410. The van der Waals surface area contributed by atoms with E-state index in [1.165, 1.54) is 12.8 Å². The molecule has 2 atom stereocenters. The molecule has 0 aromatic heterocycles. The minimum absolute atomic E-state index is 0.0316. The molecule has 0 aromatic carbocycles. The molecule has 106 valence electrons. The Balaban J connectivity index is 2.33. The first-order chi connectivity index (χ1) is 8.48. The number of ether oxygens (including phenoxy) is 1. The van der Waals surface area contributed by atoms with Gasteiger partial charge in [0.1, 0.15) is 0 Å². The molecule has 1 fully saturated rings. The summed E-state index contributed by atoms with van der Waals surface area (Å²) in [4.78, 5) is 11.8. The largest absolute Gasteiger partial charge is 0.396 e. The summed E-state index contributed by atoms with van der Waals surface area (Å²) in [5, 5.41) is 12.3. The van der Waals surface area contributed by atoms with E-state index in [1.54, 1.807) is 7.11 Å². The van der Waals surface area contributed by atoms with Gasteiger partial charge >= 0.3 is 0 Å². The summed E-state index contributed by atoms with van der Waals surface area (Å²) in [6.45, 7) is 4.74. The fraction of sp³-hybridized carbons (Fsp3) is 0.929. The normalized spacial score (nSPS) is 24.9. The highest BCUT2D eigenvalue weighted by Crippen LogP contribution is 2.29. The third kappa shape index (κ3) is 4.94. The van der Waals surface area contributed by atoms with Gasteiger partial charge in [0.25, 0.3) is 0 Å². The second kappa shape index (κ2) is 7.10. The molecule has 1 aliphatic carbocycles. The maximum atomic E-state index is 11.8. The number of hydrogen-bond acceptors (Lipinski definition) is 3. The molecule has 0 heterocycles. The molecule has 0 aliphatic heterocycles. The summed E-state index contributed by atoms with van der Waals surface area (Å²) in [5.74, 6) is 0.817. The SMILES string of the molecule is COC(C)(C)CC(=O)NCC1CCCCC1CO. The Kier molecular flexibility index (Phi) is 6.09. The van der Waals surface area contributed by atoms with Crippen LogP contribution in [0.3, 0.4) is 0 Å². The lowest BCUT2D eigenvalue weighted by molar-refractivity contribution is -0.126. The monoisotopic (exact) mass is 257 g/mol. The molecule has 4 heteroatoms. The van der Waals surface area contributed by atoms with Crippen LogP contribution in [0, 0.1) is 11.8 Å². The average Bonchev–Trinajstić information content (AvgIpc) is 2.36. The van der Waals surface area contributed by atoms with E-state index in [2.05, 4.69) is 5.32 Å². The molecule has 0 bridgehead atoms. The van der Waals surface area contributed by atoms with Crippen LogP contribution in [-0.2, 0) is 9.53 Å². The topological polar surface area (TPSA) is 58.6 Å². The predicted octanol–water partition coefficient (Wildman–Crippen LogP) is 1.72. The quantitative estimate of drug-likeness (QED) is 0.761. The van der Waals surface area contributed by atoms with E-state index in [-0.39, 0.29) is 12.5 Å². The Labute approximate surface area is 110 Å². The lowest BCUT2D eigenvalue weighted by atomic mass is 9.79. The van der Waals surface area contributed by atoms with E-state index in [1.807, 2.05) is 13.8 Å². The van der Waals surface area contributed by atoms with E-state index in [9.17, 15) is 9.90 Å². The van der Waals surface area contributed by atoms with Crippen molar-refractivity contribution in [1.29, 1.82) is 0 Å². The third-order valence-electron chi connectivity index (χ3n) is 4.00. The van der Waals surface area contributed by atoms with Crippen molar-refractivity contribution < 1.29 is 14.6 Å². The fourth-order valence-corrected chi connectivity index (χ4v) is 2.56. The predicted molar refractivity (Wildman–Crippen MR) is 71.2 cm³/mol. The average molecular weight is 257 g/mol. The highest BCUT2D eigenvalue weighted by Gasteiger charge is 2.26. The number of carbonyl (C=O) groups excluding carboxylic acids is 1. The Morgan fingerprint density at radius 2 is 1.94 bits per heavy atom. The zero-order chi connectivity index (χ0) is 13.6. The first-order valence-corrected chi connectivity index (χ1v) is 6.91. The second-order valence-electron chi connectivity index (χ2n) is 5.93. The molecule has 2 N–H and O–H groups in total. The van der Waals surface area contributed by atoms with Crippen LogP contribution in [0.4, 0.5) is 0 Å². The zero-order valence-electron chi connectivity index (χ0n) is 11.9. The lowest BCUT2D eigenvalue weighted by Crippen LogP contribution is -2.38. The smallest absolute Gasteiger partial charge is 0.222 e. The van der Waals surface area contributed by atoms with Gasteiger partial charge in [-0.2, -0.15) is 0 Å². The molecule has 18 heavy (non-hydrogen) atoms. The summed E-state index contributed by atoms with van der Waals surface area (Å²) in [6, 6.07) is 0. The van der Waals surface area contributed by atoms with Gasteiger partial charge < -0.3 is 15.2 Å². The summed E-state index contributed by atoms with van der Waals surface area (Å²) >= 11 is 0. The van der Waals surface area contributed by atoms with Crippen molar-refractivity contribution in [3.63, 3.8) is 0 Å². The number of amides is 1. The van der Waals surface area contributed by atoms with Gasteiger partial charge in [-0.25, -0.2) is 0 Å². The van der Waals surface area contributed by atoms with Gasteiger partial charge in [-0.3, -0.25) is 4.79 Å². The second-order valence-corrected chi connectivity index (χ2v) is 5.93. The first kappa shape index (κ1) is 15.4. The van der Waals surface area contributed by atoms with Crippen LogP contribution in [0.2, 0.25) is 0 Å². The highest BCUT2D eigenvalue weighted by atomic mass is 16.5. The summed E-state index contributed by atoms with van der Waals surface area (Å²) < 4.78 is 5.24. The maximum Gasteiger partial charge on any atom is 0.222 e. The molecule has 0 spiro atoms. The first-order valence-electron chi connectivity index (χ1n) is 6.91. The Hall–Kier alpha value is -0.610. The minimum Gasteiger partial charge on any atom is -0.396 e. The molecule has 2 unspecified atom stereocenters. The van der Waals surface area contributed by atoms with E-state index < -0.39 is 5.60 Å². The van der Waals surface area contributed by atoms with Crippen LogP contribution in [0.1, 0.15) is 46.0 Å². The summed E-state index contributed by atoms with van der Waals surface area (Å²) in [7, 11) is 1.62. The molecule has 1 rings (SSSR count). The Morgan fingerprint density at radius 3 is 2.50 bits per heavy atom. The van der Waals surface area contributed by atoms with Gasteiger partial charge in [0, 0.05) is 20.3 Å². The van der Waals surface area contributed by atoms with Crippen LogP contribution < -0.4 is 5.32 Å². The van der Waals surface area contributed by atoms with Crippen LogP contribution in [0.25, 0.3) is 0 Å². The standard InChI is InChI=1S/C14H27NO3/c1-14(2,18-3)8-13(17)15-9-11-6-4-5-7-12(11)10-16/h11-12,16H,4-10H2,1-3H3,(H,15,17). The molecule has 0 radical (unpaired) electrons. The van der Waals surface area contributed by atoms with Crippen LogP contribution in [0.5, 0.6) is 0 Å². The van der Waals surface area contributed by atoms with E-state index >= 15 is 0 Å². The molecular weight excluding hydrogens is 230 g/mol. The van der Waals surface area contributed by atoms with E-state index in [0.29, 0.717) is 24.8 Å². The number of methoxy groups -OCH3 is 1. The van der Waals surface area contributed by atoms with Gasteiger partial charge in [-0.15, -0.1) is 0 Å². The molecule has 0 saturated heterocycles. The molecular formula is C14H27NO3. The number of hydrogen-bond donors (Lipinski definition) is 2. The number of carbonyl (C=O) groups is 1. The van der Waals surface area contributed by atoms with Gasteiger partial charge in [0.15, 0.2) is 0 Å². The van der Waals surface area contributed by atoms with Crippen molar-refractivity contribution in [1.82, 2.24) is 5.32 Å². The van der Waals surface area contributed by atoms with E-state index in [4.69, 9.17) is 4.74 Å². The minimum atomic E-state index is -0.410. The van der Waals surface area contributed by atoms with Crippen LogP contribution in [0.15, 0.2) is 0 Å². The molecule has 1 saturated carbocycles. The van der Waals surface area contributed by atoms with Crippen LogP contribution >= 0.6 is 0 Å². The Bertz CT molecular complexity index is 266. The van der Waals surface area contributed by atoms with Crippen molar-refractivity contribution in [2.45, 2.75) is 51.6 Å². The molecule has 0 aromatic rings. The third-order valence-corrected chi connectivity index (χ3v) is 4.00.